The maximum atomic E-state index is 11.6. The molecule has 0 saturated carbocycles. The van der Waals surface area contributed by atoms with Gasteiger partial charge in [0.1, 0.15) is 5.82 Å². The molecule has 19 heavy (non-hydrogen) atoms. The van der Waals surface area contributed by atoms with E-state index in [2.05, 4.69) is 4.98 Å². The average Bonchev–Trinajstić information content (AvgIpc) is 2.73. The monoisotopic (exact) mass is 300 g/mol. The molecule has 0 N–H and O–H groups in total. The smallest absolute Gasteiger partial charge is 0.151 e. The van der Waals surface area contributed by atoms with Gasteiger partial charge in [0.15, 0.2) is 9.84 Å². The van der Waals surface area contributed by atoms with Crippen LogP contribution in [0.1, 0.15) is 18.3 Å². The number of benzene rings is 1. The predicted octanol–water partition coefficient (Wildman–Crippen LogP) is 2.52. The lowest BCUT2D eigenvalue weighted by Gasteiger charge is -2.08. The molecule has 6 heteroatoms. The number of alkyl halides is 1. The highest BCUT2D eigenvalue weighted by Crippen LogP contribution is 2.19. The number of aromatic nitrogens is 2. The Morgan fingerprint density at radius 3 is 2.74 bits per heavy atom. The van der Waals surface area contributed by atoms with E-state index in [0.717, 1.165) is 16.6 Å². The summed E-state index contributed by atoms with van der Waals surface area (Å²) in [6.45, 7) is 4.06. The van der Waals surface area contributed by atoms with Gasteiger partial charge in [0.25, 0.3) is 0 Å². The Hall–Kier alpha value is -1.07. The van der Waals surface area contributed by atoms with Crippen LogP contribution in [0.2, 0.25) is 0 Å². The molecule has 0 amide bonds. The van der Waals surface area contributed by atoms with Crippen molar-refractivity contribution in [3.8, 4) is 0 Å². The van der Waals surface area contributed by atoms with Crippen LogP contribution in [-0.2, 0) is 22.3 Å². The molecule has 0 radical (unpaired) electrons. The first-order valence-electron chi connectivity index (χ1n) is 6.19. The molecule has 2 rings (SSSR count). The average molecular weight is 301 g/mol. The van der Waals surface area contributed by atoms with Gasteiger partial charge in [-0.2, -0.15) is 0 Å². The molecule has 1 aromatic carbocycles. The van der Waals surface area contributed by atoms with E-state index in [-0.39, 0.29) is 17.4 Å². The predicted molar refractivity (Wildman–Crippen MR) is 78.4 cm³/mol. The van der Waals surface area contributed by atoms with Crippen molar-refractivity contribution in [2.24, 2.45) is 0 Å². The minimum atomic E-state index is -2.99. The van der Waals surface area contributed by atoms with E-state index in [1.54, 1.807) is 6.92 Å². The number of rotatable bonds is 5. The first-order valence-corrected chi connectivity index (χ1v) is 8.54. The Labute approximate surface area is 118 Å². The summed E-state index contributed by atoms with van der Waals surface area (Å²) in [5.41, 5.74) is 2.92. The molecule has 4 nitrogen and oxygen atoms in total. The van der Waals surface area contributed by atoms with E-state index < -0.39 is 9.84 Å². The fourth-order valence-electron chi connectivity index (χ4n) is 2.01. The lowest BCUT2D eigenvalue weighted by Crippen LogP contribution is -2.15. The molecular weight excluding hydrogens is 284 g/mol. The third-order valence-corrected chi connectivity index (χ3v) is 5.09. The van der Waals surface area contributed by atoms with Gasteiger partial charge in [0.05, 0.1) is 22.7 Å². The van der Waals surface area contributed by atoms with Crippen LogP contribution < -0.4 is 0 Å². The maximum absolute atomic E-state index is 11.6. The van der Waals surface area contributed by atoms with Gasteiger partial charge in [-0.05, 0) is 24.6 Å². The Bertz CT molecular complexity index is 692. The Morgan fingerprint density at radius 1 is 1.37 bits per heavy atom. The Kier molecular flexibility index (Phi) is 4.16. The van der Waals surface area contributed by atoms with Crippen molar-refractivity contribution in [1.82, 2.24) is 9.55 Å². The number of imidazole rings is 1. The van der Waals surface area contributed by atoms with E-state index in [4.69, 9.17) is 11.6 Å². The number of aryl methyl sites for hydroxylation is 2. The summed E-state index contributed by atoms with van der Waals surface area (Å²) in [6, 6.07) is 5.93. The largest absolute Gasteiger partial charge is 0.326 e. The summed E-state index contributed by atoms with van der Waals surface area (Å²) < 4.78 is 25.2. The van der Waals surface area contributed by atoms with Crippen molar-refractivity contribution >= 4 is 32.5 Å². The first kappa shape index (κ1) is 14.3. The standard InChI is InChI=1S/C13H17ClN2O2S/c1-3-19(17,18)7-6-16-12-8-10(2)4-5-11(12)15-13(16)9-14/h4-5,8H,3,6-7,9H2,1-2H3. The third kappa shape index (κ3) is 3.09. The van der Waals surface area contributed by atoms with Crippen molar-refractivity contribution in [2.75, 3.05) is 11.5 Å². The molecule has 0 aliphatic heterocycles. The summed E-state index contributed by atoms with van der Waals surface area (Å²) >= 11 is 5.89. The summed E-state index contributed by atoms with van der Waals surface area (Å²) in [4.78, 5) is 4.43. The number of fused-ring (bicyclic) bond motifs is 1. The van der Waals surface area contributed by atoms with Crippen LogP contribution in [0.5, 0.6) is 0 Å². The lowest BCUT2D eigenvalue weighted by atomic mass is 10.2. The van der Waals surface area contributed by atoms with Gasteiger partial charge in [-0.25, -0.2) is 13.4 Å². The van der Waals surface area contributed by atoms with Gasteiger partial charge in [-0.1, -0.05) is 13.0 Å². The number of nitrogens with zero attached hydrogens (tertiary/aromatic N) is 2. The third-order valence-electron chi connectivity index (χ3n) is 3.17. The van der Waals surface area contributed by atoms with Gasteiger partial charge in [-0.3, -0.25) is 0 Å². The molecule has 1 aromatic heterocycles. The first-order chi connectivity index (χ1) is 8.96. The van der Waals surface area contributed by atoms with Gasteiger partial charge in [0.2, 0.25) is 0 Å². The molecule has 1 heterocycles. The molecule has 2 aromatic rings. The van der Waals surface area contributed by atoms with Crippen LogP contribution in [0, 0.1) is 6.92 Å². The highest BCUT2D eigenvalue weighted by Gasteiger charge is 2.13. The molecule has 0 aliphatic carbocycles. The molecule has 0 atom stereocenters. The second kappa shape index (κ2) is 5.51. The Morgan fingerprint density at radius 2 is 2.11 bits per heavy atom. The number of sulfone groups is 1. The summed E-state index contributed by atoms with van der Waals surface area (Å²) in [5.74, 6) is 1.27. The fraction of sp³-hybridized carbons (Fsp3) is 0.462. The van der Waals surface area contributed by atoms with Crippen LogP contribution in [0.4, 0.5) is 0 Å². The molecule has 104 valence electrons. The topological polar surface area (TPSA) is 52.0 Å². The van der Waals surface area contributed by atoms with E-state index in [9.17, 15) is 8.42 Å². The highest BCUT2D eigenvalue weighted by atomic mass is 35.5. The quantitative estimate of drug-likeness (QED) is 0.797. The summed E-state index contributed by atoms with van der Waals surface area (Å²) in [7, 11) is -2.99. The van der Waals surface area contributed by atoms with Gasteiger partial charge < -0.3 is 4.57 Å². The van der Waals surface area contributed by atoms with Crippen LogP contribution in [0.15, 0.2) is 18.2 Å². The van der Waals surface area contributed by atoms with Crippen LogP contribution in [0.25, 0.3) is 11.0 Å². The zero-order chi connectivity index (χ0) is 14.0. The Balaban J connectivity index is 2.42. The maximum Gasteiger partial charge on any atom is 0.151 e. The van der Waals surface area contributed by atoms with Crippen molar-refractivity contribution in [3.63, 3.8) is 0 Å². The summed E-state index contributed by atoms with van der Waals surface area (Å²) in [5, 5.41) is 0. The van der Waals surface area contributed by atoms with E-state index >= 15 is 0 Å². The zero-order valence-electron chi connectivity index (χ0n) is 11.1. The molecule has 0 spiro atoms. The number of halogens is 1. The fourth-order valence-corrected chi connectivity index (χ4v) is 2.96. The molecule has 0 unspecified atom stereocenters. The van der Waals surface area contributed by atoms with Crippen LogP contribution >= 0.6 is 11.6 Å². The van der Waals surface area contributed by atoms with Gasteiger partial charge in [0, 0.05) is 12.3 Å². The van der Waals surface area contributed by atoms with E-state index in [1.807, 2.05) is 29.7 Å². The van der Waals surface area contributed by atoms with Crippen molar-refractivity contribution in [3.05, 3.63) is 29.6 Å². The van der Waals surface area contributed by atoms with Crippen molar-refractivity contribution in [2.45, 2.75) is 26.3 Å². The number of hydrogen-bond donors (Lipinski definition) is 0. The molecule has 0 saturated heterocycles. The molecular formula is C13H17ClN2O2S. The highest BCUT2D eigenvalue weighted by molar-refractivity contribution is 7.91. The van der Waals surface area contributed by atoms with E-state index in [1.165, 1.54) is 0 Å². The van der Waals surface area contributed by atoms with Gasteiger partial charge >= 0.3 is 0 Å². The summed E-state index contributed by atoms with van der Waals surface area (Å²) in [6.07, 6.45) is 0. The van der Waals surface area contributed by atoms with Crippen LogP contribution in [0.3, 0.4) is 0 Å². The normalized spacial score (nSPS) is 12.2. The van der Waals surface area contributed by atoms with Crippen LogP contribution in [-0.4, -0.2) is 29.5 Å². The minimum absolute atomic E-state index is 0.118. The zero-order valence-corrected chi connectivity index (χ0v) is 12.6. The SMILES string of the molecule is CCS(=O)(=O)CCn1c(CCl)nc2ccc(C)cc21. The second-order valence-corrected chi connectivity index (χ2v) is 7.28. The molecule has 0 fully saturated rings. The van der Waals surface area contributed by atoms with Gasteiger partial charge in [-0.15, -0.1) is 11.6 Å². The van der Waals surface area contributed by atoms with E-state index in [0.29, 0.717) is 12.4 Å². The van der Waals surface area contributed by atoms with Crippen molar-refractivity contribution in [1.29, 1.82) is 0 Å². The van der Waals surface area contributed by atoms with Crippen molar-refractivity contribution < 1.29 is 8.42 Å². The molecule has 0 bridgehead atoms. The number of hydrogen-bond acceptors (Lipinski definition) is 3. The molecule has 0 aliphatic rings. The minimum Gasteiger partial charge on any atom is -0.326 e. The second-order valence-electron chi connectivity index (χ2n) is 4.54. The lowest BCUT2D eigenvalue weighted by molar-refractivity contribution is 0.590.